The van der Waals surface area contributed by atoms with E-state index in [-0.39, 0.29) is 81.8 Å². The summed E-state index contributed by atoms with van der Waals surface area (Å²) in [5.41, 5.74) is -1.87. The molecule has 0 spiro atoms. The van der Waals surface area contributed by atoms with Gasteiger partial charge in [0.25, 0.3) is 11.8 Å². The number of nitrogens with zero attached hydrogens (tertiary/aromatic N) is 2. The SMILES string of the molecule is C[C@@H]1CCO[C@H]2Cn3cc(C(=O)NCc4ccc(F)cc4F)c(=O)c([O-])c3C(=O)N12.[K+]. The molecule has 0 saturated carbocycles. The molecule has 2 atom stereocenters. The molecule has 158 valence electrons. The Labute approximate surface area is 218 Å². The number of hydrogen-bond acceptors (Lipinski definition) is 5. The molecule has 8 nitrogen and oxygen atoms in total. The van der Waals surface area contributed by atoms with E-state index in [2.05, 4.69) is 5.32 Å². The van der Waals surface area contributed by atoms with Crippen LogP contribution in [-0.4, -0.2) is 40.2 Å². The second kappa shape index (κ2) is 9.47. The Morgan fingerprint density at radius 1 is 1.32 bits per heavy atom. The Morgan fingerprint density at radius 2 is 2.06 bits per heavy atom. The van der Waals surface area contributed by atoms with Crippen molar-refractivity contribution in [1.29, 1.82) is 0 Å². The number of nitrogens with one attached hydrogen (secondary N) is 1. The van der Waals surface area contributed by atoms with Crippen molar-refractivity contribution in [2.24, 2.45) is 0 Å². The van der Waals surface area contributed by atoms with Crippen LogP contribution >= 0.6 is 0 Å². The van der Waals surface area contributed by atoms with E-state index < -0.39 is 46.4 Å². The number of hydrogen-bond donors (Lipinski definition) is 1. The molecular weight excluding hydrogens is 439 g/mol. The van der Waals surface area contributed by atoms with Crippen molar-refractivity contribution in [3.8, 4) is 5.75 Å². The van der Waals surface area contributed by atoms with Gasteiger partial charge in [0.05, 0.1) is 13.2 Å². The molecule has 2 aliphatic heterocycles. The van der Waals surface area contributed by atoms with E-state index in [0.29, 0.717) is 19.1 Å². The van der Waals surface area contributed by atoms with Gasteiger partial charge in [-0.05, 0) is 25.2 Å². The standard InChI is InChI=1S/C20H19F2N3O5.K/c1-10-4-5-30-15-9-24-8-13(17(26)18(27)16(24)20(29)25(10)15)19(28)23-7-11-2-3-12(21)6-14(11)22;/h2-3,6,8,10,15,27H,4-5,7,9H2,1H3,(H,23,28);/q;+1/p-1/t10-,15+;/m1./s1. The second-order valence-corrected chi connectivity index (χ2v) is 7.30. The number of halogens is 2. The zero-order chi connectivity index (χ0) is 21.6. The van der Waals surface area contributed by atoms with Gasteiger partial charge >= 0.3 is 51.4 Å². The van der Waals surface area contributed by atoms with Crippen LogP contribution in [0.4, 0.5) is 8.78 Å². The number of carbonyl (C=O) groups is 2. The van der Waals surface area contributed by atoms with Gasteiger partial charge in [-0.3, -0.25) is 14.4 Å². The van der Waals surface area contributed by atoms with Gasteiger partial charge in [0.15, 0.2) is 11.7 Å². The summed E-state index contributed by atoms with van der Waals surface area (Å²) in [6.07, 6.45) is 1.16. The van der Waals surface area contributed by atoms with Crippen LogP contribution in [-0.2, 0) is 17.8 Å². The smallest absolute Gasteiger partial charge is 0.868 e. The molecule has 2 aliphatic rings. The summed E-state index contributed by atoms with van der Waals surface area (Å²) in [6, 6.07) is 2.73. The number of rotatable bonds is 3. The van der Waals surface area contributed by atoms with Crippen LogP contribution in [0.5, 0.6) is 5.75 Å². The van der Waals surface area contributed by atoms with Gasteiger partial charge in [0.2, 0.25) is 0 Å². The molecule has 0 unspecified atom stereocenters. The average molecular weight is 457 g/mol. The van der Waals surface area contributed by atoms with Crippen LogP contribution in [0.1, 0.15) is 39.8 Å². The van der Waals surface area contributed by atoms with E-state index in [1.807, 2.05) is 6.92 Å². The summed E-state index contributed by atoms with van der Waals surface area (Å²) in [5.74, 6) is -4.19. The number of fused-ring (bicyclic) bond motifs is 2. The minimum atomic E-state index is -1.12. The molecule has 1 N–H and O–H groups in total. The zero-order valence-electron chi connectivity index (χ0n) is 17.0. The number of carbonyl (C=O) groups excluding carboxylic acids is 2. The molecule has 2 aromatic rings. The molecule has 0 aliphatic carbocycles. The van der Waals surface area contributed by atoms with Crippen LogP contribution in [0.25, 0.3) is 0 Å². The molecule has 0 radical (unpaired) electrons. The fourth-order valence-corrected chi connectivity index (χ4v) is 3.74. The minimum Gasteiger partial charge on any atom is -0.868 e. The maximum absolute atomic E-state index is 13.7. The van der Waals surface area contributed by atoms with Crippen molar-refractivity contribution < 1.29 is 79.6 Å². The van der Waals surface area contributed by atoms with Crippen LogP contribution < -0.4 is 67.2 Å². The summed E-state index contributed by atoms with van der Waals surface area (Å²) in [6.45, 7) is 2.08. The van der Waals surface area contributed by atoms with E-state index in [1.165, 1.54) is 15.5 Å². The topological polar surface area (TPSA) is 104 Å². The van der Waals surface area contributed by atoms with Gasteiger partial charge in [0, 0.05) is 30.4 Å². The Hall–Kier alpha value is -1.63. The molecule has 1 fully saturated rings. The van der Waals surface area contributed by atoms with E-state index in [0.717, 1.165) is 12.3 Å². The van der Waals surface area contributed by atoms with E-state index >= 15 is 0 Å². The largest absolute Gasteiger partial charge is 1.00 e. The molecule has 1 saturated heterocycles. The average Bonchev–Trinajstić information content (AvgIpc) is 2.69. The first kappa shape index (κ1) is 24.0. The molecule has 11 heteroatoms. The third-order valence-corrected chi connectivity index (χ3v) is 5.36. The summed E-state index contributed by atoms with van der Waals surface area (Å²) >= 11 is 0. The third-order valence-electron chi connectivity index (χ3n) is 5.36. The molecular formula is C20H18F2KN3O5. The predicted molar refractivity (Wildman–Crippen MR) is 97.7 cm³/mol. The number of benzene rings is 1. The summed E-state index contributed by atoms with van der Waals surface area (Å²) in [5, 5.41) is 14.9. The molecule has 3 heterocycles. The van der Waals surface area contributed by atoms with Crippen LogP contribution in [0.3, 0.4) is 0 Å². The summed E-state index contributed by atoms with van der Waals surface area (Å²) < 4.78 is 33.6. The van der Waals surface area contributed by atoms with E-state index in [9.17, 15) is 28.3 Å². The quantitative estimate of drug-likeness (QED) is 0.524. The van der Waals surface area contributed by atoms with Crippen molar-refractivity contribution in [1.82, 2.24) is 14.8 Å². The molecule has 4 rings (SSSR count). The monoisotopic (exact) mass is 457 g/mol. The Morgan fingerprint density at radius 3 is 2.77 bits per heavy atom. The second-order valence-electron chi connectivity index (χ2n) is 7.30. The predicted octanol–water partition coefficient (Wildman–Crippen LogP) is -2.28. The Kier molecular flexibility index (Phi) is 7.34. The fraction of sp³-hybridized carbons (Fsp3) is 0.350. The number of pyridine rings is 1. The first-order valence-corrected chi connectivity index (χ1v) is 9.38. The van der Waals surface area contributed by atoms with Crippen molar-refractivity contribution in [2.75, 3.05) is 6.61 Å². The van der Waals surface area contributed by atoms with Crippen molar-refractivity contribution >= 4 is 11.8 Å². The van der Waals surface area contributed by atoms with Gasteiger partial charge < -0.3 is 24.6 Å². The van der Waals surface area contributed by atoms with E-state index in [4.69, 9.17) is 4.74 Å². The summed E-state index contributed by atoms with van der Waals surface area (Å²) in [7, 11) is 0. The minimum absolute atomic E-state index is 0. The van der Waals surface area contributed by atoms with Gasteiger partial charge in [-0.1, -0.05) is 6.07 Å². The van der Waals surface area contributed by atoms with Crippen LogP contribution in [0, 0.1) is 11.6 Å². The fourth-order valence-electron chi connectivity index (χ4n) is 3.74. The zero-order valence-corrected chi connectivity index (χ0v) is 20.1. The van der Waals surface area contributed by atoms with Crippen molar-refractivity contribution in [2.45, 2.75) is 38.7 Å². The van der Waals surface area contributed by atoms with Gasteiger partial charge in [0.1, 0.15) is 22.9 Å². The molecule has 0 bridgehead atoms. The Bertz CT molecular complexity index is 1110. The number of ether oxygens (including phenoxy) is 1. The Balaban J connectivity index is 0.00000272. The third kappa shape index (κ3) is 4.48. The normalized spacial score (nSPS) is 19.8. The molecule has 31 heavy (non-hydrogen) atoms. The van der Waals surface area contributed by atoms with Crippen molar-refractivity contribution in [3.05, 3.63) is 63.1 Å². The first-order chi connectivity index (χ1) is 14.3. The first-order valence-electron chi connectivity index (χ1n) is 9.38. The molecule has 1 aromatic carbocycles. The summed E-state index contributed by atoms with van der Waals surface area (Å²) in [4.78, 5) is 39.2. The van der Waals surface area contributed by atoms with Crippen LogP contribution in [0.2, 0.25) is 0 Å². The molecule has 2 amide bonds. The number of aromatic nitrogens is 1. The maximum Gasteiger partial charge on any atom is 1.00 e. The number of amides is 2. The molecule has 1 aromatic heterocycles. The maximum atomic E-state index is 13.7. The van der Waals surface area contributed by atoms with Gasteiger partial charge in [-0.15, -0.1) is 0 Å². The van der Waals surface area contributed by atoms with Gasteiger partial charge in [-0.2, -0.15) is 0 Å². The van der Waals surface area contributed by atoms with E-state index in [1.54, 1.807) is 0 Å². The van der Waals surface area contributed by atoms with Gasteiger partial charge in [-0.25, -0.2) is 8.78 Å². The van der Waals surface area contributed by atoms with Crippen LogP contribution in [0.15, 0.2) is 29.2 Å². The van der Waals surface area contributed by atoms with Crippen molar-refractivity contribution in [3.63, 3.8) is 0 Å².